The van der Waals surface area contributed by atoms with Crippen LogP contribution in [0, 0.1) is 6.92 Å². The number of nitrogens with one attached hydrogen (secondary N) is 1. The van der Waals surface area contributed by atoms with Gasteiger partial charge < -0.3 is 5.32 Å². The molecule has 2 heteroatoms. The van der Waals surface area contributed by atoms with E-state index in [0.717, 1.165) is 19.6 Å². The quantitative estimate of drug-likeness (QED) is 0.711. The third kappa shape index (κ3) is 5.65. The highest BCUT2D eigenvalue weighted by Crippen LogP contribution is 2.09. The summed E-state index contributed by atoms with van der Waals surface area (Å²) in [7, 11) is 2.21. The topological polar surface area (TPSA) is 15.3 Å². The largest absolute Gasteiger partial charge is 0.317 e. The molecule has 1 rings (SSSR count). The lowest BCUT2D eigenvalue weighted by atomic mass is 10.1. The number of aryl methyl sites for hydroxylation is 1. The standard InChI is InChI=1S/C16H28N2/c1-5-11-17-12-10-15(3)18(4)13-16-8-6-14(2)7-9-16/h6-9,15,17H,5,10-13H2,1-4H3. The summed E-state index contributed by atoms with van der Waals surface area (Å²) >= 11 is 0. The number of nitrogens with zero attached hydrogens (tertiary/aromatic N) is 1. The Balaban J connectivity index is 2.30. The van der Waals surface area contributed by atoms with Gasteiger partial charge in [-0.05, 0) is 52.4 Å². The van der Waals surface area contributed by atoms with E-state index >= 15 is 0 Å². The van der Waals surface area contributed by atoms with Gasteiger partial charge in [-0.3, -0.25) is 4.90 Å². The molecule has 0 fully saturated rings. The maximum absolute atomic E-state index is 3.47. The highest BCUT2D eigenvalue weighted by Gasteiger charge is 2.08. The molecule has 1 aromatic rings. The molecule has 1 N–H and O–H groups in total. The van der Waals surface area contributed by atoms with E-state index in [4.69, 9.17) is 0 Å². The van der Waals surface area contributed by atoms with Crippen LogP contribution in [0.15, 0.2) is 24.3 Å². The van der Waals surface area contributed by atoms with E-state index in [2.05, 4.69) is 62.3 Å². The molecule has 18 heavy (non-hydrogen) atoms. The predicted octanol–water partition coefficient (Wildman–Crippen LogP) is 3.21. The van der Waals surface area contributed by atoms with Gasteiger partial charge in [0.2, 0.25) is 0 Å². The van der Waals surface area contributed by atoms with Gasteiger partial charge in [0, 0.05) is 12.6 Å². The molecule has 0 aromatic heterocycles. The van der Waals surface area contributed by atoms with Crippen molar-refractivity contribution in [2.45, 2.75) is 46.2 Å². The fraction of sp³-hybridized carbons (Fsp3) is 0.625. The molecule has 0 bridgehead atoms. The van der Waals surface area contributed by atoms with E-state index in [9.17, 15) is 0 Å². The monoisotopic (exact) mass is 248 g/mol. The zero-order valence-electron chi connectivity index (χ0n) is 12.4. The summed E-state index contributed by atoms with van der Waals surface area (Å²) in [6.07, 6.45) is 2.43. The van der Waals surface area contributed by atoms with Crippen LogP contribution < -0.4 is 5.32 Å². The van der Waals surface area contributed by atoms with E-state index in [-0.39, 0.29) is 0 Å². The normalized spacial score (nSPS) is 12.9. The number of hydrogen-bond donors (Lipinski definition) is 1. The molecular formula is C16H28N2. The van der Waals surface area contributed by atoms with Crippen LogP contribution in [0.3, 0.4) is 0 Å². The second-order valence-corrected chi connectivity index (χ2v) is 5.29. The fourth-order valence-corrected chi connectivity index (χ4v) is 1.97. The van der Waals surface area contributed by atoms with Crippen LogP contribution in [0.25, 0.3) is 0 Å². The first-order valence-electron chi connectivity index (χ1n) is 7.10. The van der Waals surface area contributed by atoms with E-state index in [1.807, 2.05) is 0 Å². The van der Waals surface area contributed by atoms with Crippen molar-refractivity contribution in [2.75, 3.05) is 20.1 Å². The SMILES string of the molecule is CCCNCCC(C)N(C)Cc1ccc(C)cc1. The first-order valence-corrected chi connectivity index (χ1v) is 7.10. The predicted molar refractivity (Wildman–Crippen MR) is 79.9 cm³/mol. The van der Waals surface area contributed by atoms with E-state index in [1.54, 1.807) is 0 Å². The van der Waals surface area contributed by atoms with Crippen molar-refractivity contribution in [3.63, 3.8) is 0 Å². The smallest absolute Gasteiger partial charge is 0.0233 e. The highest BCUT2D eigenvalue weighted by atomic mass is 15.1. The Morgan fingerprint density at radius 3 is 2.44 bits per heavy atom. The van der Waals surface area contributed by atoms with Crippen molar-refractivity contribution < 1.29 is 0 Å². The average Bonchev–Trinajstić information content (AvgIpc) is 2.37. The van der Waals surface area contributed by atoms with Crippen LogP contribution in [0.4, 0.5) is 0 Å². The van der Waals surface area contributed by atoms with Gasteiger partial charge in [-0.2, -0.15) is 0 Å². The minimum Gasteiger partial charge on any atom is -0.317 e. The average molecular weight is 248 g/mol. The van der Waals surface area contributed by atoms with Gasteiger partial charge in [-0.15, -0.1) is 0 Å². The van der Waals surface area contributed by atoms with Gasteiger partial charge >= 0.3 is 0 Å². The summed E-state index contributed by atoms with van der Waals surface area (Å²) in [5, 5.41) is 3.47. The molecular weight excluding hydrogens is 220 g/mol. The lowest BCUT2D eigenvalue weighted by molar-refractivity contribution is 0.236. The minimum absolute atomic E-state index is 0.621. The van der Waals surface area contributed by atoms with E-state index < -0.39 is 0 Å². The summed E-state index contributed by atoms with van der Waals surface area (Å²) in [5.41, 5.74) is 2.73. The third-order valence-electron chi connectivity index (χ3n) is 3.47. The maximum Gasteiger partial charge on any atom is 0.0233 e. The molecule has 0 aliphatic carbocycles. The number of benzene rings is 1. The molecule has 102 valence electrons. The Morgan fingerprint density at radius 2 is 1.83 bits per heavy atom. The van der Waals surface area contributed by atoms with Crippen LogP contribution >= 0.6 is 0 Å². The van der Waals surface area contributed by atoms with Crippen LogP contribution in [0.2, 0.25) is 0 Å². The van der Waals surface area contributed by atoms with Gasteiger partial charge in [0.1, 0.15) is 0 Å². The first kappa shape index (κ1) is 15.2. The Bertz CT molecular complexity index is 318. The molecule has 1 unspecified atom stereocenters. The zero-order valence-corrected chi connectivity index (χ0v) is 12.4. The Hall–Kier alpha value is -0.860. The summed E-state index contributed by atoms with van der Waals surface area (Å²) in [4.78, 5) is 2.43. The molecule has 0 heterocycles. The van der Waals surface area contributed by atoms with Gasteiger partial charge in [0.05, 0.1) is 0 Å². The molecule has 0 amide bonds. The van der Waals surface area contributed by atoms with Crippen molar-refractivity contribution in [1.82, 2.24) is 10.2 Å². The summed E-state index contributed by atoms with van der Waals surface area (Å²) in [5.74, 6) is 0. The van der Waals surface area contributed by atoms with Gasteiger partial charge in [0.25, 0.3) is 0 Å². The molecule has 2 nitrogen and oxygen atoms in total. The maximum atomic E-state index is 3.47. The van der Waals surface area contributed by atoms with Crippen molar-refractivity contribution in [1.29, 1.82) is 0 Å². The van der Waals surface area contributed by atoms with Gasteiger partial charge in [-0.25, -0.2) is 0 Å². The fourth-order valence-electron chi connectivity index (χ4n) is 1.97. The van der Waals surface area contributed by atoms with E-state index in [0.29, 0.717) is 6.04 Å². The molecule has 0 spiro atoms. The third-order valence-corrected chi connectivity index (χ3v) is 3.47. The molecule has 0 saturated heterocycles. The molecule has 0 aliphatic heterocycles. The number of rotatable bonds is 8. The summed E-state index contributed by atoms with van der Waals surface area (Å²) in [6.45, 7) is 9.94. The minimum atomic E-state index is 0.621. The molecule has 1 aromatic carbocycles. The lowest BCUT2D eigenvalue weighted by Gasteiger charge is -2.25. The zero-order chi connectivity index (χ0) is 13.4. The van der Waals surface area contributed by atoms with Crippen molar-refractivity contribution in [2.24, 2.45) is 0 Å². The first-order chi connectivity index (χ1) is 8.63. The van der Waals surface area contributed by atoms with Crippen molar-refractivity contribution in [3.05, 3.63) is 35.4 Å². The highest BCUT2D eigenvalue weighted by molar-refractivity contribution is 5.21. The Labute approximate surface area is 112 Å². The molecule has 1 atom stereocenters. The van der Waals surface area contributed by atoms with Crippen LogP contribution in [0.1, 0.15) is 37.8 Å². The molecule has 0 radical (unpaired) electrons. The van der Waals surface area contributed by atoms with E-state index in [1.165, 1.54) is 24.0 Å². The van der Waals surface area contributed by atoms with Crippen LogP contribution in [-0.2, 0) is 6.54 Å². The van der Waals surface area contributed by atoms with Crippen LogP contribution in [-0.4, -0.2) is 31.1 Å². The molecule has 0 saturated carbocycles. The van der Waals surface area contributed by atoms with Crippen molar-refractivity contribution in [3.8, 4) is 0 Å². The van der Waals surface area contributed by atoms with Crippen molar-refractivity contribution >= 4 is 0 Å². The number of hydrogen-bond acceptors (Lipinski definition) is 2. The Morgan fingerprint density at radius 1 is 1.17 bits per heavy atom. The van der Waals surface area contributed by atoms with Gasteiger partial charge in [0.15, 0.2) is 0 Å². The summed E-state index contributed by atoms with van der Waals surface area (Å²) in [6, 6.07) is 9.46. The van der Waals surface area contributed by atoms with Gasteiger partial charge in [-0.1, -0.05) is 36.8 Å². The summed E-state index contributed by atoms with van der Waals surface area (Å²) < 4.78 is 0. The lowest BCUT2D eigenvalue weighted by Crippen LogP contribution is -2.32. The second kappa shape index (κ2) is 8.28. The Kier molecular flexibility index (Phi) is 6.99. The second-order valence-electron chi connectivity index (χ2n) is 5.29. The van der Waals surface area contributed by atoms with Crippen LogP contribution in [0.5, 0.6) is 0 Å². The molecule has 0 aliphatic rings.